The van der Waals surface area contributed by atoms with Crippen molar-refractivity contribution in [2.75, 3.05) is 20.2 Å². The van der Waals surface area contributed by atoms with Gasteiger partial charge in [-0.3, -0.25) is 0 Å². The van der Waals surface area contributed by atoms with Crippen LogP contribution in [0, 0.1) is 6.92 Å². The second-order valence-corrected chi connectivity index (χ2v) is 3.75. The van der Waals surface area contributed by atoms with Crippen LogP contribution in [0.5, 0.6) is 11.9 Å². The molecule has 1 heterocycles. The zero-order valence-corrected chi connectivity index (χ0v) is 10.3. The first-order chi connectivity index (χ1) is 7.61. The number of aryl methyl sites for hydroxylation is 1. The highest BCUT2D eigenvalue weighted by Crippen LogP contribution is 2.14. The van der Waals surface area contributed by atoms with Gasteiger partial charge in [0.05, 0.1) is 6.10 Å². The normalized spacial score (nSPS) is 10.6. The highest BCUT2D eigenvalue weighted by molar-refractivity contribution is 5.17. The number of aromatic nitrogens is 2. The maximum absolute atomic E-state index is 5.50. The number of nitrogens with zero attached hydrogens (tertiary/aromatic N) is 2. The first-order valence-corrected chi connectivity index (χ1v) is 5.41. The van der Waals surface area contributed by atoms with E-state index in [4.69, 9.17) is 9.47 Å². The zero-order chi connectivity index (χ0) is 12.0. The summed E-state index contributed by atoms with van der Waals surface area (Å²) < 4.78 is 10.9. The first-order valence-electron chi connectivity index (χ1n) is 5.41. The Labute approximate surface area is 96.2 Å². The average Bonchev–Trinajstić information content (AvgIpc) is 2.16. The minimum atomic E-state index is 0.0967. The molecule has 0 aliphatic heterocycles. The molecule has 0 spiro atoms. The summed E-state index contributed by atoms with van der Waals surface area (Å²) in [4.78, 5) is 8.33. The van der Waals surface area contributed by atoms with Gasteiger partial charge in [0.1, 0.15) is 6.61 Å². The summed E-state index contributed by atoms with van der Waals surface area (Å²) in [7, 11) is 1.87. The Morgan fingerprint density at radius 2 is 2.12 bits per heavy atom. The van der Waals surface area contributed by atoms with Gasteiger partial charge in [0.15, 0.2) is 0 Å². The molecule has 0 fully saturated rings. The van der Waals surface area contributed by atoms with Gasteiger partial charge in [0.25, 0.3) is 0 Å². The molecule has 1 N–H and O–H groups in total. The highest BCUT2D eigenvalue weighted by Gasteiger charge is 2.05. The molecular weight excluding hydrogens is 206 g/mol. The van der Waals surface area contributed by atoms with Crippen molar-refractivity contribution in [3.8, 4) is 11.9 Å². The highest BCUT2D eigenvalue weighted by atomic mass is 16.5. The quantitative estimate of drug-likeness (QED) is 0.736. The lowest BCUT2D eigenvalue weighted by Gasteiger charge is -2.10. The van der Waals surface area contributed by atoms with Crippen molar-refractivity contribution in [2.24, 2.45) is 0 Å². The topological polar surface area (TPSA) is 56.3 Å². The minimum Gasteiger partial charge on any atom is -0.475 e. The lowest BCUT2D eigenvalue weighted by molar-refractivity contribution is 0.223. The van der Waals surface area contributed by atoms with Crippen molar-refractivity contribution < 1.29 is 9.47 Å². The van der Waals surface area contributed by atoms with Gasteiger partial charge in [-0.1, -0.05) is 0 Å². The monoisotopic (exact) mass is 225 g/mol. The molecule has 0 saturated carbocycles. The molecule has 16 heavy (non-hydrogen) atoms. The predicted octanol–water partition coefficient (Wildman–Crippen LogP) is 1.17. The molecule has 0 bridgehead atoms. The van der Waals surface area contributed by atoms with E-state index in [1.807, 2.05) is 27.8 Å². The second-order valence-electron chi connectivity index (χ2n) is 3.75. The molecule has 0 aromatic carbocycles. The Morgan fingerprint density at radius 3 is 2.75 bits per heavy atom. The molecule has 1 aromatic rings. The van der Waals surface area contributed by atoms with E-state index in [0.717, 1.165) is 12.2 Å². The van der Waals surface area contributed by atoms with Gasteiger partial charge in [0.2, 0.25) is 5.88 Å². The van der Waals surface area contributed by atoms with Crippen LogP contribution in [0.4, 0.5) is 0 Å². The number of rotatable bonds is 6. The van der Waals surface area contributed by atoms with Gasteiger partial charge < -0.3 is 14.8 Å². The molecule has 0 saturated heterocycles. The molecule has 0 aliphatic rings. The van der Waals surface area contributed by atoms with Crippen LogP contribution in [0.2, 0.25) is 0 Å². The molecule has 0 atom stereocenters. The van der Waals surface area contributed by atoms with Gasteiger partial charge in [-0.05, 0) is 27.8 Å². The van der Waals surface area contributed by atoms with Crippen LogP contribution < -0.4 is 14.8 Å². The molecule has 0 radical (unpaired) electrons. The number of nitrogens with one attached hydrogen (secondary N) is 1. The average molecular weight is 225 g/mol. The number of ether oxygens (including phenoxy) is 2. The van der Waals surface area contributed by atoms with Crippen LogP contribution in [0.3, 0.4) is 0 Å². The van der Waals surface area contributed by atoms with E-state index in [9.17, 15) is 0 Å². The summed E-state index contributed by atoms with van der Waals surface area (Å²) >= 11 is 0. The zero-order valence-electron chi connectivity index (χ0n) is 10.3. The van der Waals surface area contributed by atoms with Gasteiger partial charge in [-0.25, -0.2) is 4.98 Å². The van der Waals surface area contributed by atoms with E-state index in [0.29, 0.717) is 18.5 Å². The third kappa shape index (κ3) is 4.44. The van der Waals surface area contributed by atoms with Crippen molar-refractivity contribution in [2.45, 2.75) is 26.9 Å². The minimum absolute atomic E-state index is 0.0967. The standard InChI is InChI=1S/C11H19N3O2/c1-8(2)16-10-7-9(3)13-11(14-10)15-6-5-12-4/h7-8,12H,5-6H2,1-4H3. The fraction of sp³-hybridized carbons (Fsp3) is 0.636. The van der Waals surface area contributed by atoms with Crippen LogP contribution in [0.25, 0.3) is 0 Å². The van der Waals surface area contributed by atoms with E-state index in [1.165, 1.54) is 0 Å². The van der Waals surface area contributed by atoms with E-state index in [-0.39, 0.29) is 6.10 Å². The molecule has 1 aromatic heterocycles. The van der Waals surface area contributed by atoms with E-state index < -0.39 is 0 Å². The summed E-state index contributed by atoms with van der Waals surface area (Å²) in [5.74, 6) is 0.557. The SMILES string of the molecule is CNCCOc1nc(C)cc(OC(C)C)n1. The van der Waals surface area contributed by atoms with Crippen molar-refractivity contribution in [1.82, 2.24) is 15.3 Å². The third-order valence-electron chi connectivity index (χ3n) is 1.75. The summed E-state index contributed by atoms with van der Waals surface area (Å²) in [6, 6.07) is 2.16. The van der Waals surface area contributed by atoms with Crippen molar-refractivity contribution >= 4 is 0 Å². The Bertz CT molecular complexity index is 329. The Kier molecular flexibility index (Phi) is 4.98. The van der Waals surface area contributed by atoms with E-state index >= 15 is 0 Å². The number of hydrogen-bond donors (Lipinski definition) is 1. The Hall–Kier alpha value is -1.36. The van der Waals surface area contributed by atoms with Crippen molar-refractivity contribution in [3.05, 3.63) is 11.8 Å². The molecule has 0 amide bonds. The van der Waals surface area contributed by atoms with Crippen LogP contribution in [0.1, 0.15) is 19.5 Å². The number of likely N-dealkylation sites (N-methyl/N-ethyl adjacent to an activating group) is 1. The molecule has 90 valence electrons. The maximum Gasteiger partial charge on any atom is 0.319 e. The lowest BCUT2D eigenvalue weighted by atomic mass is 10.4. The predicted molar refractivity (Wildman–Crippen MR) is 62.0 cm³/mol. The Morgan fingerprint density at radius 1 is 1.38 bits per heavy atom. The fourth-order valence-electron chi connectivity index (χ4n) is 1.12. The van der Waals surface area contributed by atoms with Crippen LogP contribution in [0.15, 0.2) is 6.07 Å². The molecular formula is C11H19N3O2. The van der Waals surface area contributed by atoms with Gasteiger partial charge in [-0.2, -0.15) is 4.98 Å². The smallest absolute Gasteiger partial charge is 0.319 e. The maximum atomic E-state index is 5.50. The van der Waals surface area contributed by atoms with Crippen LogP contribution in [-0.4, -0.2) is 36.3 Å². The summed E-state index contributed by atoms with van der Waals surface area (Å²) in [5, 5.41) is 2.99. The van der Waals surface area contributed by atoms with Gasteiger partial charge in [-0.15, -0.1) is 0 Å². The van der Waals surface area contributed by atoms with Crippen molar-refractivity contribution in [1.29, 1.82) is 0 Å². The number of hydrogen-bond acceptors (Lipinski definition) is 5. The third-order valence-corrected chi connectivity index (χ3v) is 1.75. The molecule has 0 aliphatic carbocycles. The molecule has 1 rings (SSSR count). The summed E-state index contributed by atoms with van der Waals surface area (Å²) in [5.41, 5.74) is 0.838. The van der Waals surface area contributed by atoms with E-state index in [2.05, 4.69) is 15.3 Å². The second kappa shape index (κ2) is 6.27. The lowest BCUT2D eigenvalue weighted by Crippen LogP contribution is -2.17. The molecule has 0 unspecified atom stereocenters. The summed E-state index contributed by atoms with van der Waals surface area (Å²) in [6.07, 6.45) is 0.0967. The van der Waals surface area contributed by atoms with Crippen molar-refractivity contribution in [3.63, 3.8) is 0 Å². The molecule has 5 heteroatoms. The Balaban J connectivity index is 2.65. The van der Waals surface area contributed by atoms with Crippen LogP contribution >= 0.6 is 0 Å². The fourth-order valence-corrected chi connectivity index (χ4v) is 1.12. The largest absolute Gasteiger partial charge is 0.475 e. The van der Waals surface area contributed by atoms with Crippen LogP contribution in [-0.2, 0) is 0 Å². The molecule has 5 nitrogen and oxygen atoms in total. The van der Waals surface area contributed by atoms with E-state index in [1.54, 1.807) is 6.07 Å². The summed E-state index contributed by atoms with van der Waals surface area (Å²) in [6.45, 7) is 7.11. The van der Waals surface area contributed by atoms with Gasteiger partial charge >= 0.3 is 6.01 Å². The van der Waals surface area contributed by atoms with Gasteiger partial charge in [0, 0.05) is 18.3 Å². The first kappa shape index (κ1) is 12.7.